The second-order valence-corrected chi connectivity index (χ2v) is 8.76. The summed E-state index contributed by atoms with van der Waals surface area (Å²) in [6.07, 6.45) is 1.92. The average molecular weight is 402 g/mol. The van der Waals surface area contributed by atoms with Gasteiger partial charge in [-0.25, -0.2) is 0 Å². The molecule has 5 nitrogen and oxygen atoms in total. The van der Waals surface area contributed by atoms with Crippen LogP contribution in [0, 0.1) is 13.8 Å². The highest BCUT2D eigenvalue weighted by molar-refractivity contribution is 7.11. The summed E-state index contributed by atoms with van der Waals surface area (Å²) in [5.74, 6) is 1.77. The van der Waals surface area contributed by atoms with E-state index in [9.17, 15) is 0 Å². The van der Waals surface area contributed by atoms with Crippen LogP contribution in [-0.4, -0.2) is 39.9 Å². The lowest BCUT2D eigenvalue weighted by molar-refractivity contribution is 0.0505. The summed E-state index contributed by atoms with van der Waals surface area (Å²) in [5, 5.41) is 6.99. The summed E-state index contributed by atoms with van der Waals surface area (Å²) in [4.78, 5) is 7.05. The number of methoxy groups -OCH3 is 1. The van der Waals surface area contributed by atoms with E-state index in [2.05, 4.69) is 59.8 Å². The lowest BCUT2D eigenvalue weighted by Crippen LogP contribution is -2.48. The van der Waals surface area contributed by atoms with Gasteiger partial charge in [-0.05, 0) is 44.9 Å². The fourth-order valence-corrected chi connectivity index (χ4v) is 4.59. The summed E-state index contributed by atoms with van der Waals surface area (Å²) < 4.78 is 11.4. The van der Waals surface area contributed by atoms with Crippen LogP contribution < -0.4 is 15.4 Å². The van der Waals surface area contributed by atoms with Gasteiger partial charge in [0.25, 0.3) is 0 Å². The first-order chi connectivity index (χ1) is 13.6. The van der Waals surface area contributed by atoms with Gasteiger partial charge in [-0.1, -0.05) is 17.7 Å². The Bertz CT molecular complexity index is 810. The largest absolute Gasteiger partial charge is 0.496 e. The molecule has 0 saturated carbocycles. The summed E-state index contributed by atoms with van der Waals surface area (Å²) in [6, 6.07) is 10.8. The van der Waals surface area contributed by atoms with Crippen molar-refractivity contribution in [3.63, 3.8) is 0 Å². The van der Waals surface area contributed by atoms with Crippen LogP contribution in [0.5, 0.6) is 5.75 Å². The second-order valence-electron chi connectivity index (χ2n) is 7.39. The number of nitrogens with one attached hydrogen (secondary N) is 2. The molecule has 1 aromatic heterocycles. The molecular formula is C22H31N3O2S. The van der Waals surface area contributed by atoms with Crippen LogP contribution in [0.25, 0.3) is 0 Å². The van der Waals surface area contributed by atoms with Crippen LogP contribution in [0.2, 0.25) is 0 Å². The van der Waals surface area contributed by atoms with Crippen molar-refractivity contribution in [1.82, 2.24) is 10.6 Å². The van der Waals surface area contributed by atoms with E-state index in [1.165, 1.54) is 20.9 Å². The number of guanidine groups is 1. The summed E-state index contributed by atoms with van der Waals surface area (Å²) in [5.41, 5.74) is 2.47. The molecule has 1 fully saturated rings. The Kier molecular flexibility index (Phi) is 6.97. The summed E-state index contributed by atoms with van der Waals surface area (Å²) in [6.45, 7) is 7.36. The minimum absolute atomic E-state index is 0.0350. The number of aliphatic imine (C=N–C) groups is 1. The molecule has 0 bridgehead atoms. The number of hydrogen-bond donors (Lipinski definition) is 2. The van der Waals surface area contributed by atoms with Crippen molar-refractivity contribution in [1.29, 1.82) is 0 Å². The standard InChI is InChI=1S/C22H31N3O2S/c1-16-5-8-20(26-4)19(13-16)22(9-11-27-12-10-22)15-25-21(23-3)24-14-18-7-6-17(2)28-18/h5-8,13H,9-12,14-15H2,1-4H3,(H2,23,24,25). The van der Waals surface area contributed by atoms with E-state index in [0.29, 0.717) is 0 Å². The van der Waals surface area contributed by atoms with E-state index in [0.717, 1.165) is 50.9 Å². The maximum absolute atomic E-state index is 5.71. The van der Waals surface area contributed by atoms with E-state index in [1.54, 1.807) is 7.11 Å². The maximum atomic E-state index is 5.71. The number of benzene rings is 1. The highest BCUT2D eigenvalue weighted by atomic mass is 32.1. The van der Waals surface area contributed by atoms with Crippen LogP contribution in [0.1, 0.15) is 33.7 Å². The summed E-state index contributed by atoms with van der Waals surface area (Å²) in [7, 11) is 3.57. The monoisotopic (exact) mass is 401 g/mol. The zero-order valence-electron chi connectivity index (χ0n) is 17.3. The second kappa shape index (κ2) is 9.43. The van der Waals surface area contributed by atoms with Gasteiger partial charge in [-0.2, -0.15) is 0 Å². The quantitative estimate of drug-likeness (QED) is 0.571. The minimum atomic E-state index is -0.0350. The van der Waals surface area contributed by atoms with E-state index in [-0.39, 0.29) is 5.41 Å². The first-order valence-electron chi connectivity index (χ1n) is 9.79. The molecule has 0 amide bonds. The van der Waals surface area contributed by atoms with Gasteiger partial charge in [0.05, 0.1) is 13.7 Å². The molecule has 28 heavy (non-hydrogen) atoms. The smallest absolute Gasteiger partial charge is 0.191 e. The highest BCUT2D eigenvalue weighted by Crippen LogP contribution is 2.40. The van der Waals surface area contributed by atoms with E-state index in [4.69, 9.17) is 9.47 Å². The van der Waals surface area contributed by atoms with Crippen LogP contribution in [0.15, 0.2) is 35.3 Å². The van der Waals surface area contributed by atoms with Gasteiger partial charge >= 0.3 is 0 Å². The number of nitrogens with zero attached hydrogens (tertiary/aromatic N) is 1. The fourth-order valence-electron chi connectivity index (χ4n) is 3.76. The predicted octanol–water partition coefficient (Wildman–Crippen LogP) is 3.79. The topological polar surface area (TPSA) is 54.9 Å². The number of rotatable bonds is 6. The van der Waals surface area contributed by atoms with Crippen molar-refractivity contribution in [2.24, 2.45) is 4.99 Å². The zero-order chi connectivity index (χ0) is 20.0. The maximum Gasteiger partial charge on any atom is 0.191 e. The first-order valence-corrected chi connectivity index (χ1v) is 10.6. The van der Waals surface area contributed by atoms with Crippen molar-refractivity contribution >= 4 is 17.3 Å². The molecule has 0 unspecified atom stereocenters. The average Bonchev–Trinajstić information content (AvgIpc) is 3.14. The number of ether oxygens (including phenoxy) is 2. The van der Waals surface area contributed by atoms with Crippen LogP contribution in [0.4, 0.5) is 0 Å². The molecule has 2 aromatic rings. The van der Waals surface area contributed by atoms with Gasteiger partial charge in [0.15, 0.2) is 5.96 Å². The molecule has 0 radical (unpaired) electrons. The minimum Gasteiger partial charge on any atom is -0.496 e. The predicted molar refractivity (Wildman–Crippen MR) is 117 cm³/mol. The molecule has 2 heterocycles. The van der Waals surface area contributed by atoms with E-state index in [1.807, 2.05) is 18.4 Å². The van der Waals surface area contributed by atoms with Crippen molar-refractivity contribution < 1.29 is 9.47 Å². The third-order valence-corrected chi connectivity index (χ3v) is 6.42. The highest BCUT2D eigenvalue weighted by Gasteiger charge is 2.37. The van der Waals surface area contributed by atoms with Gasteiger partial charge in [0, 0.05) is 47.5 Å². The number of aryl methyl sites for hydroxylation is 2. The molecule has 0 atom stereocenters. The Balaban J connectivity index is 1.74. The molecular weight excluding hydrogens is 370 g/mol. The van der Waals surface area contributed by atoms with Crippen LogP contribution in [0.3, 0.4) is 0 Å². The molecule has 6 heteroatoms. The van der Waals surface area contributed by atoms with Crippen molar-refractivity contribution in [3.05, 3.63) is 51.2 Å². The van der Waals surface area contributed by atoms with Gasteiger partial charge < -0.3 is 20.1 Å². The Morgan fingerprint density at radius 1 is 1.18 bits per heavy atom. The van der Waals surface area contributed by atoms with Crippen molar-refractivity contribution in [2.45, 2.75) is 38.6 Å². The van der Waals surface area contributed by atoms with Crippen molar-refractivity contribution in [2.75, 3.05) is 33.9 Å². The third kappa shape index (κ3) is 4.86. The number of hydrogen-bond acceptors (Lipinski definition) is 4. The third-order valence-electron chi connectivity index (χ3n) is 5.42. The summed E-state index contributed by atoms with van der Waals surface area (Å²) >= 11 is 1.81. The van der Waals surface area contributed by atoms with E-state index >= 15 is 0 Å². The molecule has 0 spiro atoms. The molecule has 3 rings (SSSR count). The lowest BCUT2D eigenvalue weighted by atomic mass is 9.73. The zero-order valence-corrected chi connectivity index (χ0v) is 18.1. The van der Waals surface area contributed by atoms with Crippen molar-refractivity contribution in [3.8, 4) is 5.75 Å². The van der Waals surface area contributed by atoms with Gasteiger partial charge in [0.2, 0.25) is 0 Å². The molecule has 152 valence electrons. The SMILES string of the molecule is CN=C(NCc1ccc(C)s1)NCC1(c2cc(C)ccc2OC)CCOCC1. The molecule has 2 N–H and O–H groups in total. The molecule has 1 aliphatic rings. The van der Waals surface area contributed by atoms with Gasteiger partial charge in [-0.3, -0.25) is 4.99 Å². The lowest BCUT2D eigenvalue weighted by Gasteiger charge is -2.39. The molecule has 0 aliphatic carbocycles. The molecule has 1 aliphatic heterocycles. The number of thiophene rings is 1. The normalized spacial score (nSPS) is 16.6. The molecule has 1 saturated heterocycles. The van der Waals surface area contributed by atoms with Crippen LogP contribution >= 0.6 is 11.3 Å². The Labute approximate surface area is 172 Å². The Morgan fingerprint density at radius 2 is 1.96 bits per heavy atom. The fraction of sp³-hybridized carbons (Fsp3) is 0.500. The van der Waals surface area contributed by atoms with Gasteiger partial charge in [-0.15, -0.1) is 11.3 Å². The Hall–Kier alpha value is -2.05. The van der Waals surface area contributed by atoms with E-state index < -0.39 is 0 Å². The Morgan fingerprint density at radius 3 is 2.61 bits per heavy atom. The molecule has 1 aromatic carbocycles. The van der Waals surface area contributed by atoms with Crippen LogP contribution in [-0.2, 0) is 16.7 Å². The first kappa shape index (κ1) is 20.7. The van der Waals surface area contributed by atoms with Gasteiger partial charge in [0.1, 0.15) is 5.75 Å².